The second kappa shape index (κ2) is 7.64. The van der Waals surface area contributed by atoms with Crippen LogP contribution in [0.25, 0.3) is 16.6 Å². The van der Waals surface area contributed by atoms with Crippen LogP contribution in [0.1, 0.15) is 24.5 Å². The van der Waals surface area contributed by atoms with Crippen LogP contribution < -0.4 is 5.32 Å². The van der Waals surface area contributed by atoms with E-state index < -0.39 is 0 Å². The molecule has 2 aromatic carbocycles. The molecule has 4 rings (SSSR count). The molecule has 142 valence electrons. The second-order valence-corrected chi connectivity index (χ2v) is 8.06. The molecular formula is C22H22N4OS. The molecule has 1 unspecified atom stereocenters. The number of thioether (sulfide) groups is 1. The number of nitrogens with one attached hydrogen (secondary N) is 1. The number of carbonyl (C=O) groups is 1. The highest BCUT2D eigenvalue weighted by atomic mass is 32.2. The van der Waals surface area contributed by atoms with Gasteiger partial charge in [0, 0.05) is 5.69 Å². The molecule has 0 saturated carbocycles. The first-order valence-electron chi connectivity index (χ1n) is 9.34. The molecule has 0 aliphatic rings. The first-order chi connectivity index (χ1) is 13.6. The number of carbonyl (C=O) groups excluding carboxylic acids is 1. The highest BCUT2D eigenvalue weighted by molar-refractivity contribution is 8.00. The van der Waals surface area contributed by atoms with Gasteiger partial charge in [-0.1, -0.05) is 49.0 Å². The van der Waals surface area contributed by atoms with Crippen molar-refractivity contribution in [3.05, 3.63) is 65.7 Å². The molecule has 28 heavy (non-hydrogen) atoms. The van der Waals surface area contributed by atoms with Gasteiger partial charge < -0.3 is 5.32 Å². The highest BCUT2D eigenvalue weighted by Crippen LogP contribution is 2.29. The Morgan fingerprint density at radius 3 is 2.75 bits per heavy atom. The summed E-state index contributed by atoms with van der Waals surface area (Å²) in [6.07, 6.45) is 0.695. The molecule has 1 atom stereocenters. The quantitative estimate of drug-likeness (QED) is 0.487. The Balaban J connectivity index is 1.64. The summed E-state index contributed by atoms with van der Waals surface area (Å²) in [5.74, 6) is -0.0156. The van der Waals surface area contributed by atoms with Gasteiger partial charge in [-0.25, -0.2) is 0 Å². The Kier molecular flexibility index (Phi) is 5.05. The molecule has 6 heteroatoms. The minimum Gasteiger partial charge on any atom is -0.325 e. The number of pyridine rings is 1. The zero-order valence-corrected chi connectivity index (χ0v) is 17.0. The molecule has 0 fully saturated rings. The number of amides is 1. The van der Waals surface area contributed by atoms with Crippen molar-refractivity contribution in [3.63, 3.8) is 0 Å². The number of fused-ring (bicyclic) bond motifs is 3. The maximum absolute atomic E-state index is 12.9. The van der Waals surface area contributed by atoms with Crippen LogP contribution in [-0.4, -0.2) is 25.8 Å². The largest absolute Gasteiger partial charge is 0.325 e. The first kappa shape index (κ1) is 18.5. The van der Waals surface area contributed by atoms with Gasteiger partial charge in [0.25, 0.3) is 0 Å². The van der Waals surface area contributed by atoms with E-state index in [0.717, 1.165) is 38.5 Å². The predicted molar refractivity (Wildman–Crippen MR) is 115 cm³/mol. The number of para-hydroxylation sites is 1. The van der Waals surface area contributed by atoms with E-state index in [1.165, 1.54) is 11.8 Å². The molecule has 0 spiro atoms. The van der Waals surface area contributed by atoms with Crippen LogP contribution in [-0.2, 0) is 4.79 Å². The number of rotatable bonds is 5. The third kappa shape index (κ3) is 3.47. The maximum Gasteiger partial charge on any atom is 0.237 e. The number of hydrogen-bond donors (Lipinski definition) is 1. The fourth-order valence-electron chi connectivity index (χ4n) is 3.22. The van der Waals surface area contributed by atoms with Gasteiger partial charge in [-0.3, -0.25) is 9.20 Å². The number of nitrogens with zero attached hydrogens (tertiary/aromatic N) is 3. The molecular weight excluding hydrogens is 368 g/mol. The average molecular weight is 391 g/mol. The summed E-state index contributed by atoms with van der Waals surface area (Å²) >= 11 is 1.45. The molecule has 5 nitrogen and oxygen atoms in total. The van der Waals surface area contributed by atoms with Crippen molar-refractivity contribution in [1.29, 1.82) is 0 Å². The molecule has 4 aromatic rings. The Morgan fingerprint density at radius 2 is 1.93 bits per heavy atom. The van der Waals surface area contributed by atoms with Gasteiger partial charge in [0.05, 0.1) is 10.8 Å². The van der Waals surface area contributed by atoms with Crippen LogP contribution in [0.3, 0.4) is 0 Å². The number of aryl methyl sites for hydroxylation is 2. The van der Waals surface area contributed by atoms with Gasteiger partial charge in [-0.15, -0.1) is 10.2 Å². The summed E-state index contributed by atoms with van der Waals surface area (Å²) in [6, 6.07) is 18.2. The van der Waals surface area contributed by atoms with E-state index in [1.54, 1.807) is 0 Å². The monoisotopic (exact) mass is 390 g/mol. The lowest BCUT2D eigenvalue weighted by Crippen LogP contribution is -2.25. The Bertz CT molecular complexity index is 1170. The minimum atomic E-state index is -0.258. The summed E-state index contributed by atoms with van der Waals surface area (Å²) in [4.78, 5) is 12.9. The van der Waals surface area contributed by atoms with Crippen molar-refractivity contribution >= 4 is 39.9 Å². The van der Waals surface area contributed by atoms with E-state index in [1.807, 2.05) is 73.7 Å². The Hall–Kier alpha value is -2.86. The molecule has 2 aromatic heterocycles. The van der Waals surface area contributed by atoms with Crippen molar-refractivity contribution in [2.45, 2.75) is 37.6 Å². The van der Waals surface area contributed by atoms with Crippen LogP contribution in [0.4, 0.5) is 5.69 Å². The van der Waals surface area contributed by atoms with Gasteiger partial charge in [0.15, 0.2) is 10.8 Å². The van der Waals surface area contributed by atoms with E-state index >= 15 is 0 Å². The van der Waals surface area contributed by atoms with Gasteiger partial charge >= 0.3 is 0 Å². The van der Waals surface area contributed by atoms with E-state index in [0.29, 0.717) is 6.42 Å². The van der Waals surface area contributed by atoms with Gasteiger partial charge in [-0.05, 0) is 61.0 Å². The highest BCUT2D eigenvalue weighted by Gasteiger charge is 2.22. The molecule has 0 saturated heterocycles. The van der Waals surface area contributed by atoms with Crippen molar-refractivity contribution in [1.82, 2.24) is 14.6 Å². The summed E-state index contributed by atoms with van der Waals surface area (Å²) in [5, 5.41) is 13.3. The van der Waals surface area contributed by atoms with E-state index in [9.17, 15) is 4.79 Å². The second-order valence-electron chi connectivity index (χ2n) is 6.89. The topological polar surface area (TPSA) is 59.3 Å². The average Bonchev–Trinajstić information content (AvgIpc) is 3.12. The van der Waals surface area contributed by atoms with Crippen molar-refractivity contribution in [2.24, 2.45) is 0 Å². The molecule has 0 aliphatic heterocycles. The number of hydrogen-bond acceptors (Lipinski definition) is 4. The number of anilines is 1. The zero-order chi connectivity index (χ0) is 19.7. The van der Waals surface area contributed by atoms with E-state index in [2.05, 4.69) is 21.6 Å². The van der Waals surface area contributed by atoms with Crippen LogP contribution in [0.2, 0.25) is 0 Å². The summed E-state index contributed by atoms with van der Waals surface area (Å²) < 4.78 is 2.02. The molecule has 0 bridgehead atoms. The van der Waals surface area contributed by atoms with Gasteiger partial charge in [0.2, 0.25) is 5.91 Å². The molecule has 1 amide bonds. The normalized spacial score (nSPS) is 12.4. The molecule has 0 radical (unpaired) electrons. The number of benzene rings is 2. The first-order valence-corrected chi connectivity index (χ1v) is 10.2. The van der Waals surface area contributed by atoms with Crippen LogP contribution in [0.5, 0.6) is 0 Å². The lowest BCUT2D eigenvalue weighted by molar-refractivity contribution is -0.115. The summed E-state index contributed by atoms with van der Waals surface area (Å²) in [7, 11) is 0. The Labute approximate surface area is 168 Å². The molecule has 0 aliphatic carbocycles. The van der Waals surface area contributed by atoms with Crippen molar-refractivity contribution in [2.75, 3.05) is 5.32 Å². The van der Waals surface area contributed by atoms with Crippen LogP contribution in [0, 0.1) is 13.8 Å². The van der Waals surface area contributed by atoms with Gasteiger partial charge in [0.1, 0.15) is 0 Å². The third-order valence-electron chi connectivity index (χ3n) is 4.81. The zero-order valence-electron chi connectivity index (χ0n) is 16.1. The molecule has 1 N–H and O–H groups in total. The fourth-order valence-corrected chi connectivity index (χ4v) is 4.19. The Morgan fingerprint density at radius 1 is 1.11 bits per heavy atom. The standard InChI is InChI=1S/C22H22N4OS/c1-4-19(21(27)23-17-13-14(2)9-10-15(17)3)28-22-25-24-20-12-11-16-7-5-6-8-18(16)26(20)22/h5-13,19H,4H2,1-3H3,(H,23,27). The predicted octanol–water partition coefficient (Wildman–Crippen LogP) is 5.01. The molecule has 2 heterocycles. The van der Waals surface area contributed by atoms with Gasteiger partial charge in [-0.2, -0.15) is 0 Å². The van der Waals surface area contributed by atoms with Crippen LogP contribution in [0.15, 0.2) is 59.8 Å². The summed E-state index contributed by atoms with van der Waals surface area (Å²) in [6.45, 7) is 6.04. The lowest BCUT2D eigenvalue weighted by Gasteiger charge is -2.16. The minimum absolute atomic E-state index is 0.0156. The van der Waals surface area contributed by atoms with Crippen molar-refractivity contribution < 1.29 is 4.79 Å². The smallest absolute Gasteiger partial charge is 0.237 e. The maximum atomic E-state index is 12.9. The van der Waals surface area contributed by atoms with E-state index in [-0.39, 0.29) is 11.2 Å². The van der Waals surface area contributed by atoms with Crippen LogP contribution >= 0.6 is 11.8 Å². The number of aromatic nitrogens is 3. The SMILES string of the molecule is CCC(Sc1nnc2ccc3ccccc3n12)C(=O)Nc1cc(C)ccc1C. The van der Waals surface area contributed by atoms with Crippen molar-refractivity contribution in [3.8, 4) is 0 Å². The summed E-state index contributed by atoms with van der Waals surface area (Å²) in [5.41, 5.74) is 4.86. The third-order valence-corrected chi connectivity index (χ3v) is 6.12. The lowest BCUT2D eigenvalue weighted by atomic mass is 10.1. The fraction of sp³-hybridized carbons (Fsp3) is 0.227. The van der Waals surface area contributed by atoms with E-state index in [4.69, 9.17) is 0 Å².